The lowest BCUT2D eigenvalue weighted by molar-refractivity contribution is -0.00000495. The Labute approximate surface area is 187 Å². The summed E-state index contributed by atoms with van der Waals surface area (Å²) in [4.78, 5) is 0. The van der Waals surface area contributed by atoms with Gasteiger partial charge in [-0.15, -0.1) is 0 Å². The molecule has 0 N–H and O–H groups in total. The van der Waals surface area contributed by atoms with Crippen molar-refractivity contribution in [3.63, 3.8) is 0 Å². The van der Waals surface area contributed by atoms with Gasteiger partial charge in [-0.25, -0.2) is 0 Å². The van der Waals surface area contributed by atoms with Gasteiger partial charge in [-0.1, -0.05) is 77.8 Å². The van der Waals surface area contributed by atoms with Crippen LogP contribution >= 0.6 is 30.5 Å². The van der Waals surface area contributed by atoms with Gasteiger partial charge in [0, 0.05) is 22.2 Å². The van der Waals surface area contributed by atoms with Crippen molar-refractivity contribution in [1.29, 1.82) is 0 Å². The van der Waals surface area contributed by atoms with Gasteiger partial charge in [0.05, 0.1) is 0 Å². The van der Waals surface area contributed by atoms with Crippen molar-refractivity contribution in [3.05, 3.63) is 119 Å². The third kappa shape index (κ3) is 3.91. The summed E-state index contributed by atoms with van der Waals surface area (Å²) in [7, 11) is -2.13. The SMILES string of the molecule is Clc1cc(Cl)cc([P+](c2ccccc2)(c2ccccc2)c2ccccc2)c1.[Br-]. The first-order chi connectivity index (χ1) is 13.2. The lowest BCUT2D eigenvalue weighted by atomic mass is 10.3. The van der Waals surface area contributed by atoms with Crippen LogP contribution in [0, 0.1) is 0 Å². The van der Waals surface area contributed by atoms with E-state index < -0.39 is 7.26 Å². The molecule has 4 rings (SSSR count). The van der Waals surface area contributed by atoms with E-state index in [0.29, 0.717) is 10.0 Å². The van der Waals surface area contributed by atoms with E-state index in [9.17, 15) is 0 Å². The molecule has 0 saturated carbocycles. The first-order valence-electron chi connectivity index (χ1n) is 8.74. The van der Waals surface area contributed by atoms with Gasteiger partial charge in [0.25, 0.3) is 0 Å². The average Bonchev–Trinajstić information content (AvgIpc) is 2.70. The van der Waals surface area contributed by atoms with Crippen LogP contribution < -0.4 is 38.2 Å². The van der Waals surface area contributed by atoms with Gasteiger partial charge < -0.3 is 17.0 Å². The minimum atomic E-state index is -2.13. The maximum absolute atomic E-state index is 6.45. The van der Waals surface area contributed by atoms with E-state index in [1.54, 1.807) is 6.07 Å². The monoisotopic (exact) mass is 486 g/mol. The lowest BCUT2D eigenvalue weighted by Gasteiger charge is -2.27. The molecule has 0 nitrogen and oxygen atoms in total. The Morgan fingerprint density at radius 1 is 0.429 bits per heavy atom. The van der Waals surface area contributed by atoms with Crippen molar-refractivity contribution < 1.29 is 17.0 Å². The fourth-order valence-electron chi connectivity index (χ4n) is 3.58. The molecule has 140 valence electrons. The van der Waals surface area contributed by atoms with Crippen LogP contribution in [0.2, 0.25) is 10.0 Å². The summed E-state index contributed by atoms with van der Waals surface area (Å²) in [5.41, 5.74) is 0. The van der Waals surface area contributed by atoms with Gasteiger partial charge in [0.2, 0.25) is 0 Å². The summed E-state index contributed by atoms with van der Waals surface area (Å²) in [6, 6.07) is 37.9. The standard InChI is InChI=1S/C24H18Cl2P.BrH/c25-19-16-20(26)18-24(17-19)27(21-10-4-1-5-11-21,22-12-6-2-7-13-22)23-14-8-3-9-15-23;/h1-18H;1H/q+1;/p-1. The largest absolute Gasteiger partial charge is 1.00 e. The molecule has 0 saturated heterocycles. The fourth-order valence-corrected chi connectivity index (χ4v) is 8.57. The molecule has 4 aromatic rings. The Bertz CT molecular complexity index is 921. The highest BCUT2D eigenvalue weighted by Crippen LogP contribution is 2.54. The first-order valence-corrected chi connectivity index (χ1v) is 11.3. The molecule has 0 bridgehead atoms. The normalized spacial score (nSPS) is 10.9. The molecular formula is C24H18BrCl2P. The molecule has 4 aromatic carbocycles. The van der Waals surface area contributed by atoms with Crippen LogP contribution in [0.25, 0.3) is 0 Å². The molecular weight excluding hydrogens is 470 g/mol. The van der Waals surface area contributed by atoms with Crippen molar-refractivity contribution in [1.82, 2.24) is 0 Å². The van der Waals surface area contributed by atoms with E-state index in [1.165, 1.54) is 15.9 Å². The van der Waals surface area contributed by atoms with Gasteiger partial charge >= 0.3 is 0 Å². The van der Waals surface area contributed by atoms with Crippen LogP contribution in [-0.4, -0.2) is 0 Å². The summed E-state index contributed by atoms with van der Waals surface area (Å²) >= 11 is 12.9. The molecule has 0 aliphatic heterocycles. The van der Waals surface area contributed by atoms with E-state index in [-0.39, 0.29) is 17.0 Å². The topological polar surface area (TPSA) is 0 Å². The third-order valence-corrected chi connectivity index (χ3v) is 9.35. The fraction of sp³-hybridized carbons (Fsp3) is 0. The minimum absolute atomic E-state index is 0. The maximum atomic E-state index is 6.45. The Morgan fingerprint density at radius 2 is 0.750 bits per heavy atom. The molecule has 4 heteroatoms. The minimum Gasteiger partial charge on any atom is -1.00 e. The lowest BCUT2D eigenvalue weighted by Crippen LogP contribution is -3.00. The zero-order valence-electron chi connectivity index (χ0n) is 15.0. The van der Waals surface area contributed by atoms with Gasteiger partial charge in [-0.2, -0.15) is 0 Å². The molecule has 0 amide bonds. The predicted molar refractivity (Wildman–Crippen MR) is 121 cm³/mol. The molecule has 0 aromatic heterocycles. The second kappa shape index (κ2) is 9.25. The summed E-state index contributed by atoms with van der Waals surface area (Å²) < 4.78 is 0. The highest BCUT2D eigenvalue weighted by molar-refractivity contribution is 8.01. The molecule has 0 radical (unpaired) electrons. The highest BCUT2D eigenvalue weighted by atomic mass is 79.9. The number of hydrogen-bond donors (Lipinski definition) is 0. The Hall–Kier alpha value is -1.63. The molecule has 0 aliphatic carbocycles. The second-order valence-corrected chi connectivity index (χ2v) is 10.6. The van der Waals surface area contributed by atoms with E-state index in [0.717, 1.165) is 5.30 Å². The second-order valence-electron chi connectivity index (χ2n) is 6.31. The zero-order chi connectivity index (χ0) is 18.7. The van der Waals surface area contributed by atoms with E-state index >= 15 is 0 Å². The van der Waals surface area contributed by atoms with Crippen LogP contribution in [0.3, 0.4) is 0 Å². The molecule has 0 heterocycles. The summed E-state index contributed by atoms with van der Waals surface area (Å²) in [6.07, 6.45) is 0. The summed E-state index contributed by atoms with van der Waals surface area (Å²) in [5, 5.41) is 6.31. The summed E-state index contributed by atoms with van der Waals surface area (Å²) in [6.45, 7) is 0. The zero-order valence-corrected chi connectivity index (χ0v) is 19.0. The van der Waals surface area contributed by atoms with Crippen molar-refractivity contribution in [2.75, 3.05) is 0 Å². The smallest absolute Gasteiger partial charge is 0.144 e. The third-order valence-electron chi connectivity index (χ3n) is 4.67. The van der Waals surface area contributed by atoms with Crippen LogP contribution in [0.1, 0.15) is 0 Å². The Morgan fingerprint density at radius 3 is 1.07 bits per heavy atom. The van der Waals surface area contributed by atoms with Crippen LogP contribution in [0.5, 0.6) is 0 Å². The summed E-state index contributed by atoms with van der Waals surface area (Å²) in [5.74, 6) is 0. The highest BCUT2D eigenvalue weighted by Gasteiger charge is 2.48. The van der Waals surface area contributed by atoms with Crippen LogP contribution in [0.4, 0.5) is 0 Å². The van der Waals surface area contributed by atoms with Gasteiger partial charge in [0.15, 0.2) is 0 Å². The number of halogens is 3. The molecule has 0 spiro atoms. The molecule has 0 atom stereocenters. The van der Waals surface area contributed by atoms with Crippen LogP contribution in [-0.2, 0) is 0 Å². The number of benzene rings is 4. The quantitative estimate of drug-likeness (QED) is 0.388. The van der Waals surface area contributed by atoms with Gasteiger partial charge in [-0.05, 0) is 42.5 Å². The predicted octanol–water partition coefficient (Wildman–Crippen LogP) is 2.62. The van der Waals surface area contributed by atoms with E-state index in [4.69, 9.17) is 23.2 Å². The average molecular weight is 488 g/mol. The van der Waals surface area contributed by atoms with Crippen LogP contribution in [0.15, 0.2) is 109 Å². The first kappa shape index (κ1) is 21.1. The van der Waals surface area contributed by atoms with Crippen molar-refractivity contribution in [2.24, 2.45) is 0 Å². The van der Waals surface area contributed by atoms with Crippen molar-refractivity contribution in [3.8, 4) is 0 Å². The number of hydrogen-bond acceptors (Lipinski definition) is 0. The van der Waals surface area contributed by atoms with Crippen molar-refractivity contribution >= 4 is 51.7 Å². The van der Waals surface area contributed by atoms with Gasteiger partial charge in [0.1, 0.15) is 28.5 Å². The molecule has 28 heavy (non-hydrogen) atoms. The van der Waals surface area contributed by atoms with Gasteiger partial charge in [-0.3, -0.25) is 0 Å². The molecule has 0 fully saturated rings. The maximum Gasteiger partial charge on any atom is 0.144 e. The molecule has 0 aliphatic rings. The van der Waals surface area contributed by atoms with E-state index in [1.807, 2.05) is 0 Å². The molecule has 0 unspecified atom stereocenters. The van der Waals surface area contributed by atoms with E-state index in [2.05, 4.69) is 103 Å². The Kier molecular flexibility index (Phi) is 6.96. The Balaban J connectivity index is 0.00000225. The number of rotatable bonds is 4. The van der Waals surface area contributed by atoms with Crippen molar-refractivity contribution in [2.45, 2.75) is 0 Å².